The summed E-state index contributed by atoms with van der Waals surface area (Å²) in [5, 5.41) is 11.4. The monoisotopic (exact) mass is 325 g/mol. The van der Waals surface area contributed by atoms with Gasteiger partial charge < -0.3 is 15.4 Å². The molecule has 0 aliphatic rings. The summed E-state index contributed by atoms with van der Waals surface area (Å²) in [6.45, 7) is 0.234. The lowest BCUT2D eigenvalue weighted by atomic mass is 10.1. The maximum Gasteiger partial charge on any atom is 0.334 e. The topological polar surface area (TPSA) is 104 Å². The van der Waals surface area contributed by atoms with Crippen LogP contribution in [0.15, 0.2) is 53.3 Å². The van der Waals surface area contributed by atoms with Crippen molar-refractivity contribution >= 4 is 23.0 Å². The number of carbonyl (C=O) groups excluding carboxylic acids is 1. The first-order chi connectivity index (χ1) is 11.5. The van der Waals surface area contributed by atoms with Gasteiger partial charge in [-0.3, -0.25) is 4.79 Å². The number of rotatable bonds is 4. The van der Waals surface area contributed by atoms with Gasteiger partial charge >= 0.3 is 17.7 Å². The summed E-state index contributed by atoms with van der Waals surface area (Å²) < 4.78 is 1.05. The van der Waals surface area contributed by atoms with Crippen LogP contribution in [0.5, 0.6) is 0 Å². The average molecular weight is 325 g/mol. The number of aromatic nitrogens is 2. The Bertz CT molecular complexity index is 954. The molecule has 0 aliphatic heterocycles. The molecule has 7 heteroatoms. The zero-order valence-corrected chi connectivity index (χ0v) is 12.7. The predicted octanol–water partition coefficient (Wildman–Crippen LogP) is 1.71. The van der Waals surface area contributed by atoms with Crippen molar-refractivity contribution in [1.29, 1.82) is 0 Å². The van der Waals surface area contributed by atoms with E-state index in [0.717, 1.165) is 10.1 Å². The highest BCUT2D eigenvalue weighted by molar-refractivity contribution is 5.88. The third-order valence-electron chi connectivity index (χ3n) is 3.61. The summed E-state index contributed by atoms with van der Waals surface area (Å²) in [7, 11) is 0. The molecule has 0 radical (unpaired) electrons. The molecule has 7 nitrogen and oxygen atoms in total. The molecule has 0 unspecified atom stereocenters. The molecule has 0 saturated heterocycles. The van der Waals surface area contributed by atoms with Crippen LogP contribution in [0, 0.1) is 0 Å². The van der Waals surface area contributed by atoms with E-state index in [9.17, 15) is 14.4 Å². The zero-order chi connectivity index (χ0) is 17.1. The molecule has 1 heterocycles. The Balaban J connectivity index is 1.72. The first kappa shape index (κ1) is 15.5. The molecule has 24 heavy (non-hydrogen) atoms. The molecule has 3 aromatic rings. The molecule has 2 aromatic carbocycles. The van der Waals surface area contributed by atoms with Gasteiger partial charge in [0.25, 0.3) is 0 Å². The summed E-state index contributed by atoms with van der Waals surface area (Å²) in [5.41, 5.74) is 2.11. The average Bonchev–Trinajstić information content (AvgIpc) is 2.89. The zero-order valence-electron chi connectivity index (χ0n) is 12.7. The molecule has 0 atom stereocenters. The van der Waals surface area contributed by atoms with Gasteiger partial charge in [0.2, 0.25) is 0 Å². The standard InChI is InChI=1S/C17H15N3O4/c21-15(22)9-11-5-7-12(8-6-11)10-18-16(23)20-14-4-2-1-3-13(14)19-17(20)24/h1-8H,9-10H2,(H,18,23)(H,19,24)(H,21,22). The second-order valence-corrected chi connectivity index (χ2v) is 5.33. The second kappa shape index (κ2) is 6.41. The summed E-state index contributed by atoms with van der Waals surface area (Å²) >= 11 is 0. The van der Waals surface area contributed by atoms with Gasteiger partial charge in [-0.15, -0.1) is 0 Å². The van der Waals surface area contributed by atoms with E-state index in [1.165, 1.54) is 0 Å². The van der Waals surface area contributed by atoms with Gasteiger partial charge in [0, 0.05) is 6.54 Å². The number of hydrogen-bond donors (Lipinski definition) is 3. The molecule has 3 rings (SSSR count). The summed E-state index contributed by atoms with van der Waals surface area (Å²) in [4.78, 5) is 37.5. The minimum absolute atomic E-state index is 0.0443. The smallest absolute Gasteiger partial charge is 0.334 e. The maximum absolute atomic E-state index is 12.3. The highest BCUT2D eigenvalue weighted by Gasteiger charge is 2.13. The maximum atomic E-state index is 12.3. The quantitative estimate of drug-likeness (QED) is 0.679. The molecule has 0 fully saturated rings. The van der Waals surface area contributed by atoms with Gasteiger partial charge in [-0.1, -0.05) is 36.4 Å². The van der Waals surface area contributed by atoms with Gasteiger partial charge in [0.05, 0.1) is 17.5 Å². The largest absolute Gasteiger partial charge is 0.481 e. The van der Waals surface area contributed by atoms with Crippen molar-refractivity contribution in [2.45, 2.75) is 13.0 Å². The number of fused-ring (bicyclic) bond motifs is 1. The molecule has 122 valence electrons. The van der Waals surface area contributed by atoms with E-state index in [1.807, 2.05) is 0 Å². The molecule has 0 saturated carbocycles. The summed E-state index contributed by atoms with van der Waals surface area (Å²) in [5.74, 6) is -0.894. The fraction of sp³-hybridized carbons (Fsp3) is 0.118. The second-order valence-electron chi connectivity index (χ2n) is 5.33. The van der Waals surface area contributed by atoms with Gasteiger partial charge in [-0.05, 0) is 23.3 Å². The minimum Gasteiger partial charge on any atom is -0.481 e. The number of carboxylic acids is 1. The molecule has 0 spiro atoms. The number of amides is 1. The normalized spacial score (nSPS) is 10.7. The molecule has 1 amide bonds. The minimum atomic E-state index is -0.894. The Morgan fingerprint density at radius 3 is 2.42 bits per heavy atom. The SMILES string of the molecule is O=C(O)Cc1ccc(CNC(=O)n2c(=O)[nH]c3ccccc32)cc1. The fourth-order valence-corrected chi connectivity index (χ4v) is 2.46. The molecular formula is C17H15N3O4. The van der Waals surface area contributed by atoms with Gasteiger partial charge in [0.15, 0.2) is 0 Å². The Morgan fingerprint density at radius 1 is 1.04 bits per heavy atom. The van der Waals surface area contributed by atoms with Crippen LogP contribution in [0.2, 0.25) is 0 Å². The van der Waals surface area contributed by atoms with E-state index >= 15 is 0 Å². The van der Waals surface area contributed by atoms with E-state index in [2.05, 4.69) is 10.3 Å². The van der Waals surface area contributed by atoms with E-state index in [-0.39, 0.29) is 13.0 Å². The van der Waals surface area contributed by atoms with Crippen LogP contribution < -0.4 is 11.0 Å². The Hall–Kier alpha value is -3.35. The van der Waals surface area contributed by atoms with Gasteiger partial charge in [-0.2, -0.15) is 0 Å². The van der Waals surface area contributed by atoms with Crippen molar-refractivity contribution < 1.29 is 14.7 Å². The molecular weight excluding hydrogens is 310 g/mol. The lowest BCUT2D eigenvalue weighted by Gasteiger charge is -2.07. The summed E-state index contributed by atoms with van der Waals surface area (Å²) in [6.07, 6.45) is -0.0443. The fourth-order valence-electron chi connectivity index (χ4n) is 2.46. The Morgan fingerprint density at radius 2 is 1.71 bits per heavy atom. The Kier molecular flexibility index (Phi) is 4.15. The first-order valence-electron chi connectivity index (χ1n) is 7.32. The van der Waals surface area contributed by atoms with Crippen LogP contribution in [-0.4, -0.2) is 26.7 Å². The van der Waals surface area contributed by atoms with Crippen LogP contribution in [0.1, 0.15) is 11.1 Å². The number of aliphatic carboxylic acids is 1. The van der Waals surface area contributed by atoms with Crippen LogP contribution in [-0.2, 0) is 17.8 Å². The molecule has 3 N–H and O–H groups in total. The van der Waals surface area contributed by atoms with Crippen molar-refractivity contribution in [3.63, 3.8) is 0 Å². The number of H-pyrrole nitrogens is 1. The number of hydrogen-bond acceptors (Lipinski definition) is 3. The van der Waals surface area contributed by atoms with E-state index in [4.69, 9.17) is 5.11 Å². The Labute approximate surface area is 136 Å². The third-order valence-corrected chi connectivity index (χ3v) is 3.61. The van der Waals surface area contributed by atoms with Crippen LogP contribution in [0.4, 0.5) is 4.79 Å². The van der Waals surface area contributed by atoms with E-state index in [1.54, 1.807) is 48.5 Å². The highest BCUT2D eigenvalue weighted by atomic mass is 16.4. The predicted molar refractivity (Wildman–Crippen MR) is 88.0 cm³/mol. The number of nitrogens with one attached hydrogen (secondary N) is 2. The third kappa shape index (κ3) is 3.19. The van der Waals surface area contributed by atoms with Crippen LogP contribution >= 0.6 is 0 Å². The number of carbonyl (C=O) groups is 2. The van der Waals surface area contributed by atoms with Crippen molar-refractivity contribution in [2.24, 2.45) is 0 Å². The molecule has 0 bridgehead atoms. The molecule has 1 aromatic heterocycles. The number of aromatic amines is 1. The van der Waals surface area contributed by atoms with Gasteiger partial charge in [-0.25, -0.2) is 14.2 Å². The van der Waals surface area contributed by atoms with E-state index in [0.29, 0.717) is 16.6 Å². The molecule has 0 aliphatic carbocycles. The van der Waals surface area contributed by atoms with Crippen LogP contribution in [0.25, 0.3) is 11.0 Å². The van der Waals surface area contributed by atoms with E-state index < -0.39 is 17.7 Å². The van der Waals surface area contributed by atoms with Crippen molar-refractivity contribution in [2.75, 3.05) is 0 Å². The number of benzene rings is 2. The van der Waals surface area contributed by atoms with Crippen molar-refractivity contribution in [3.05, 3.63) is 70.1 Å². The van der Waals surface area contributed by atoms with Crippen molar-refractivity contribution in [1.82, 2.24) is 14.9 Å². The lowest BCUT2D eigenvalue weighted by molar-refractivity contribution is -0.136. The number of carboxylic acid groups (broad SMARTS) is 1. The van der Waals surface area contributed by atoms with Crippen molar-refractivity contribution in [3.8, 4) is 0 Å². The first-order valence-corrected chi connectivity index (χ1v) is 7.32. The highest BCUT2D eigenvalue weighted by Crippen LogP contribution is 2.09. The number of para-hydroxylation sites is 2. The number of nitrogens with zero attached hydrogens (tertiary/aromatic N) is 1. The number of imidazole rings is 1. The summed E-state index contributed by atoms with van der Waals surface area (Å²) in [6, 6.07) is 13.3. The lowest BCUT2D eigenvalue weighted by Crippen LogP contribution is -2.34. The van der Waals surface area contributed by atoms with Gasteiger partial charge in [0.1, 0.15) is 0 Å². The van der Waals surface area contributed by atoms with Crippen LogP contribution in [0.3, 0.4) is 0 Å².